The van der Waals surface area contributed by atoms with Gasteiger partial charge in [0.05, 0.1) is 6.10 Å². The van der Waals surface area contributed by atoms with Gasteiger partial charge in [-0.3, -0.25) is 0 Å². The van der Waals surface area contributed by atoms with Gasteiger partial charge in [-0.25, -0.2) is 0 Å². The van der Waals surface area contributed by atoms with E-state index < -0.39 is 0 Å². The standard InChI is InChI=1S/C11H16OS/c1-7-5-11(13-8(7)2)10(12)6-9-3-4-9/h5,9-10,12H,3-4,6H2,1-2H3. The van der Waals surface area contributed by atoms with Crippen LogP contribution < -0.4 is 0 Å². The van der Waals surface area contributed by atoms with Crippen molar-refractivity contribution < 1.29 is 5.11 Å². The molecule has 0 aromatic carbocycles. The summed E-state index contributed by atoms with van der Waals surface area (Å²) in [7, 11) is 0. The Bertz CT molecular complexity index is 280. The summed E-state index contributed by atoms with van der Waals surface area (Å²) in [5.41, 5.74) is 1.31. The van der Waals surface area contributed by atoms with Crippen LogP contribution in [0.3, 0.4) is 0 Å². The summed E-state index contributed by atoms with van der Waals surface area (Å²) in [6.07, 6.45) is 3.41. The highest BCUT2D eigenvalue weighted by Crippen LogP contribution is 2.39. The van der Waals surface area contributed by atoms with Gasteiger partial charge in [0.2, 0.25) is 0 Å². The molecule has 1 aliphatic rings. The highest BCUT2D eigenvalue weighted by Gasteiger charge is 2.25. The highest BCUT2D eigenvalue weighted by molar-refractivity contribution is 7.12. The van der Waals surface area contributed by atoms with E-state index in [2.05, 4.69) is 19.9 Å². The van der Waals surface area contributed by atoms with Crippen LogP contribution in [0.25, 0.3) is 0 Å². The summed E-state index contributed by atoms with van der Waals surface area (Å²) in [6, 6.07) is 2.13. The maximum atomic E-state index is 9.88. The van der Waals surface area contributed by atoms with E-state index in [0.29, 0.717) is 0 Å². The van der Waals surface area contributed by atoms with E-state index >= 15 is 0 Å². The van der Waals surface area contributed by atoms with Crippen molar-refractivity contribution in [2.24, 2.45) is 5.92 Å². The zero-order valence-corrected chi connectivity index (χ0v) is 9.03. The third kappa shape index (κ3) is 2.12. The maximum Gasteiger partial charge on any atom is 0.0884 e. The molecule has 0 bridgehead atoms. The number of hydrogen-bond donors (Lipinski definition) is 1. The van der Waals surface area contributed by atoms with Gasteiger partial charge in [-0.1, -0.05) is 12.8 Å². The van der Waals surface area contributed by atoms with Gasteiger partial charge in [0.15, 0.2) is 0 Å². The Balaban J connectivity index is 2.05. The molecule has 2 rings (SSSR count). The number of aliphatic hydroxyl groups is 1. The largest absolute Gasteiger partial charge is 0.388 e. The zero-order chi connectivity index (χ0) is 9.42. The molecule has 0 saturated heterocycles. The number of rotatable bonds is 3. The predicted molar refractivity (Wildman–Crippen MR) is 56.1 cm³/mol. The number of thiophene rings is 1. The normalized spacial score (nSPS) is 19.0. The first-order valence-electron chi connectivity index (χ1n) is 4.92. The van der Waals surface area contributed by atoms with Crippen LogP contribution in [0.2, 0.25) is 0 Å². The van der Waals surface area contributed by atoms with E-state index in [1.165, 1.54) is 23.3 Å². The molecule has 1 unspecified atom stereocenters. The Kier molecular flexibility index (Phi) is 2.43. The van der Waals surface area contributed by atoms with Crippen molar-refractivity contribution in [1.29, 1.82) is 0 Å². The average molecular weight is 196 g/mol. The van der Waals surface area contributed by atoms with E-state index in [-0.39, 0.29) is 6.10 Å². The Morgan fingerprint density at radius 1 is 1.54 bits per heavy atom. The summed E-state index contributed by atoms with van der Waals surface area (Å²) in [5, 5.41) is 9.88. The lowest BCUT2D eigenvalue weighted by Crippen LogP contribution is -1.94. The molecule has 1 heterocycles. The Labute approximate surface area is 83.4 Å². The van der Waals surface area contributed by atoms with Gasteiger partial charge in [0.25, 0.3) is 0 Å². The molecule has 1 N–H and O–H groups in total. The fourth-order valence-corrected chi connectivity index (χ4v) is 2.59. The Morgan fingerprint density at radius 3 is 2.69 bits per heavy atom. The fraction of sp³-hybridized carbons (Fsp3) is 0.636. The van der Waals surface area contributed by atoms with Gasteiger partial charge in [0, 0.05) is 9.75 Å². The van der Waals surface area contributed by atoms with Crippen molar-refractivity contribution in [3.63, 3.8) is 0 Å². The second kappa shape index (κ2) is 3.43. The summed E-state index contributed by atoms with van der Waals surface area (Å²) in [5.74, 6) is 0.803. The van der Waals surface area contributed by atoms with Crippen LogP contribution in [-0.4, -0.2) is 5.11 Å². The first-order valence-corrected chi connectivity index (χ1v) is 5.73. The minimum Gasteiger partial charge on any atom is -0.388 e. The molecule has 72 valence electrons. The van der Waals surface area contributed by atoms with Crippen molar-refractivity contribution in [3.05, 3.63) is 21.4 Å². The second-order valence-corrected chi connectivity index (χ2v) is 5.37. The number of aryl methyl sites for hydroxylation is 2. The highest BCUT2D eigenvalue weighted by atomic mass is 32.1. The molecule has 0 amide bonds. The minimum absolute atomic E-state index is 0.204. The quantitative estimate of drug-likeness (QED) is 0.787. The molecule has 1 saturated carbocycles. The predicted octanol–water partition coefficient (Wildman–Crippen LogP) is 3.20. The van der Waals surface area contributed by atoms with E-state index in [1.807, 2.05) is 0 Å². The van der Waals surface area contributed by atoms with Crippen LogP contribution in [0, 0.1) is 19.8 Å². The molecule has 1 aromatic heterocycles. The van der Waals surface area contributed by atoms with Gasteiger partial charge < -0.3 is 5.11 Å². The van der Waals surface area contributed by atoms with E-state index in [1.54, 1.807) is 11.3 Å². The van der Waals surface area contributed by atoms with Crippen LogP contribution in [0.4, 0.5) is 0 Å². The van der Waals surface area contributed by atoms with Gasteiger partial charge >= 0.3 is 0 Å². The van der Waals surface area contributed by atoms with Gasteiger partial charge in [-0.05, 0) is 37.8 Å². The summed E-state index contributed by atoms with van der Waals surface area (Å²) in [6.45, 7) is 4.23. The van der Waals surface area contributed by atoms with Gasteiger partial charge in [-0.15, -0.1) is 11.3 Å². The van der Waals surface area contributed by atoms with Crippen molar-refractivity contribution in [2.45, 2.75) is 39.2 Å². The third-order valence-electron chi connectivity index (χ3n) is 2.77. The van der Waals surface area contributed by atoms with Crippen LogP contribution in [0.1, 0.15) is 40.7 Å². The van der Waals surface area contributed by atoms with Crippen molar-refractivity contribution >= 4 is 11.3 Å². The van der Waals surface area contributed by atoms with Crippen LogP contribution in [0.5, 0.6) is 0 Å². The molecule has 1 atom stereocenters. The molecule has 13 heavy (non-hydrogen) atoms. The van der Waals surface area contributed by atoms with Crippen LogP contribution in [0.15, 0.2) is 6.07 Å². The van der Waals surface area contributed by atoms with E-state index in [4.69, 9.17) is 0 Å². The first-order chi connectivity index (χ1) is 6.16. The molecular weight excluding hydrogens is 180 g/mol. The lowest BCUT2D eigenvalue weighted by molar-refractivity contribution is 0.164. The summed E-state index contributed by atoms with van der Waals surface area (Å²) < 4.78 is 0. The average Bonchev–Trinajstić information content (AvgIpc) is 2.81. The van der Waals surface area contributed by atoms with Crippen molar-refractivity contribution in [1.82, 2.24) is 0 Å². The first kappa shape index (κ1) is 9.22. The van der Waals surface area contributed by atoms with Crippen LogP contribution in [-0.2, 0) is 0 Å². The van der Waals surface area contributed by atoms with Crippen molar-refractivity contribution in [2.75, 3.05) is 0 Å². The number of aliphatic hydroxyl groups excluding tert-OH is 1. The third-order valence-corrected chi connectivity index (χ3v) is 4.02. The lowest BCUT2D eigenvalue weighted by Gasteiger charge is -2.05. The molecule has 1 nitrogen and oxygen atoms in total. The molecule has 1 aliphatic carbocycles. The monoisotopic (exact) mass is 196 g/mol. The lowest BCUT2D eigenvalue weighted by atomic mass is 10.1. The number of hydrogen-bond acceptors (Lipinski definition) is 2. The Hall–Kier alpha value is -0.340. The molecule has 0 radical (unpaired) electrons. The minimum atomic E-state index is -0.204. The van der Waals surface area contributed by atoms with Gasteiger partial charge in [0.1, 0.15) is 0 Å². The summed E-state index contributed by atoms with van der Waals surface area (Å²) in [4.78, 5) is 2.49. The fourth-order valence-electron chi connectivity index (χ4n) is 1.55. The van der Waals surface area contributed by atoms with Gasteiger partial charge in [-0.2, -0.15) is 0 Å². The Morgan fingerprint density at radius 2 is 2.23 bits per heavy atom. The second-order valence-electron chi connectivity index (χ2n) is 4.08. The van der Waals surface area contributed by atoms with Crippen LogP contribution >= 0.6 is 11.3 Å². The van der Waals surface area contributed by atoms with Crippen molar-refractivity contribution in [3.8, 4) is 0 Å². The summed E-state index contributed by atoms with van der Waals surface area (Å²) >= 11 is 1.74. The van der Waals surface area contributed by atoms with E-state index in [9.17, 15) is 5.11 Å². The van der Waals surface area contributed by atoms with E-state index in [0.717, 1.165) is 17.2 Å². The molecule has 1 fully saturated rings. The topological polar surface area (TPSA) is 20.2 Å². The molecule has 0 aliphatic heterocycles. The molecular formula is C11H16OS. The zero-order valence-electron chi connectivity index (χ0n) is 8.21. The molecule has 1 aromatic rings. The molecule has 2 heteroatoms. The SMILES string of the molecule is Cc1cc(C(O)CC2CC2)sc1C. The molecule has 0 spiro atoms. The maximum absolute atomic E-state index is 9.88. The smallest absolute Gasteiger partial charge is 0.0884 e.